The van der Waals surface area contributed by atoms with Gasteiger partial charge < -0.3 is 15.8 Å². The third-order valence-corrected chi connectivity index (χ3v) is 4.03. The van der Waals surface area contributed by atoms with Gasteiger partial charge in [-0.25, -0.2) is 9.98 Å². The molecule has 0 saturated carbocycles. The van der Waals surface area contributed by atoms with E-state index >= 15 is 0 Å². The molecule has 2 rings (SSSR count). The molecule has 0 aliphatic heterocycles. The predicted octanol–water partition coefficient (Wildman–Crippen LogP) is 3.82. The van der Waals surface area contributed by atoms with Crippen LogP contribution in [0.4, 0.5) is 5.69 Å². The van der Waals surface area contributed by atoms with Gasteiger partial charge in [0.25, 0.3) is 0 Å². The van der Waals surface area contributed by atoms with Crippen LogP contribution in [0.15, 0.2) is 34.6 Å². The van der Waals surface area contributed by atoms with Gasteiger partial charge in [0.05, 0.1) is 24.4 Å². The summed E-state index contributed by atoms with van der Waals surface area (Å²) in [4.78, 5) is 8.82. The number of aliphatic imine (C=N–C) groups is 1. The highest BCUT2D eigenvalue weighted by Crippen LogP contribution is 2.19. The van der Waals surface area contributed by atoms with Crippen molar-refractivity contribution in [2.45, 2.75) is 26.3 Å². The van der Waals surface area contributed by atoms with E-state index < -0.39 is 0 Å². The Bertz CT molecular complexity index is 610. The van der Waals surface area contributed by atoms with E-state index in [0.29, 0.717) is 18.4 Å². The number of benzene rings is 1. The lowest BCUT2D eigenvalue weighted by atomic mass is 10.2. The zero-order chi connectivity index (χ0) is 15.2. The molecule has 1 aromatic heterocycles. The summed E-state index contributed by atoms with van der Waals surface area (Å²) in [5.41, 5.74) is 7.69. The quantitative estimate of drug-likeness (QED) is 0.428. The fourth-order valence-electron chi connectivity index (χ4n) is 1.69. The smallest absolute Gasteiger partial charge is 0.193 e. The molecule has 5 nitrogen and oxygen atoms in total. The van der Waals surface area contributed by atoms with E-state index in [9.17, 15) is 0 Å². The number of nitrogens with one attached hydrogen (secondary N) is 1. The maximum Gasteiger partial charge on any atom is 0.193 e. The molecule has 0 radical (unpaired) electrons. The Hall–Kier alpha value is -1.35. The van der Waals surface area contributed by atoms with Gasteiger partial charge in [0.15, 0.2) is 5.96 Å². The number of rotatable bonds is 5. The summed E-state index contributed by atoms with van der Waals surface area (Å²) in [5.74, 6) is 1.63. The van der Waals surface area contributed by atoms with Crippen molar-refractivity contribution in [1.29, 1.82) is 0 Å². The van der Waals surface area contributed by atoms with Gasteiger partial charge in [-0.15, -0.1) is 35.3 Å². The van der Waals surface area contributed by atoms with Gasteiger partial charge in [0.1, 0.15) is 5.75 Å². The number of nitrogens with two attached hydrogens (primary N) is 1. The minimum Gasteiger partial charge on any atom is -0.497 e. The molecule has 0 atom stereocenters. The Morgan fingerprint density at radius 3 is 2.59 bits per heavy atom. The van der Waals surface area contributed by atoms with E-state index in [2.05, 4.69) is 29.1 Å². The summed E-state index contributed by atoms with van der Waals surface area (Å²) in [6, 6.07) is 7.51. The van der Waals surface area contributed by atoms with Crippen LogP contribution in [0.25, 0.3) is 0 Å². The highest BCUT2D eigenvalue weighted by molar-refractivity contribution is 14.0. The summed E-state index contributed by atoms with van der Waals surface area (Å²) in [7, 11) is 1.64. The lowest BCUT2D eigenvalue weighted by Crippen LogP contribution is -2.22. The number of hydrogen-bond acceptors (Lipinski definition) is 4. The van der Waals surface area contributed by atoms with Crippen LogP contribution < -0.4 is 15.8 Å². The summed E-state index contributed by atoms with van der Waals surface area (Å²) in [5, 5.41) is 6.19. The molecule has 0 aliphatic rings. The maximum atomic E-state index is 5.87. The largest absolute Gasteiger partial charge is 0.497 e. The number of thiazole rings is 1. The van der Waals surface area contributed by atoms with Crippen LogP contribution in [0.2, 0.25) is 0 Å². The number of hydrogen-bond donors (Lipinski definition) is 2. The Morgan fingerprint density at radius 1 is 1.36 bits per heavy atom. The SMILES string of the molecule is COc1ccc(NC(N)=NCc2csc(C(C)C)n2)cc1.I. The van der Waals surface area contributed by atoms with Gasteiger partial charge in [-0.1, -0.05) is 13.8 Å². The molecule has 0 aliphatic carbocycles. The molecule has 2 aromatic rings. The molecule has 0 unspecified atom stereocenters. The first-order chi connectivity index (χ1) is 10.1. The Kier molecular flexibility index (Phi) is 7.60. The van der Waals surface area contributed by atoms with Crippen LogP contribution in [0.5, 0.6) is 5.75 Å². The molecule has 7 heteroatoms. The average molecular weight is 432 g/mol. The van der Waals surface area contributed by atoms with Crippen molar-refractivity contribution >= 4 is 47.0 Å². The first-order valence-corrected chi connectivity index (χ1v) is 7.61. The molecular formula is C15H21IN4OS. The van der Waals surface area contributed by atoms with E-state index in [1.54, 1.807) is 18.4 Å². The van der Waals surface area contributed by atoms with Crippen LogP contribution >= 0.6 is 35.3 Å². The molecule has 0 spiro atoms. The van der Waals surface area contributed by atoms with E-state index in [0.717, 1.165) is 22.1 Å². The third-order valence-electron chi connectivity index (χ3n) is 2.84. The fraction of sp³-hybridized carbons (Fsp3) is 0.333. The molecule has 0 fully saturated rings. The highest BCUT2D eigenvalue weighted by atomic mass is 127. The molecule has 1 aromatic carbocycles. The topological polar surface area (TPSA) is 72.5 Å². The second kappa shape index (κ2) is 8.94. The maximum absolute atomic E-state index is 5.87. The number of anilines is 1. The summed E-state index contributed by atoms with van der Waals surface area (Å²) in [6.07, 6.45) is 0. The van der Waals surface area contributed by atoms with Crippen molar-refractivity contribution in [2.24, 2.45) is 10.7 Å². The highest BCUT2D eigenvalue weighted by Gasteiger charge is 2.05. The normalized spacial score (nSPS) is 11.2. The van der Waals surface area contributed by atoms with Gasteiger partial charge in [0, 0.05) is 17.0 Å². The number of nitrogens with zero attached hydrogens (tertiary/aromatic N) is 2. The summed E-state index contributed by atoms with van der Waals surface area (Å²) < 4.78 is 5.10. The van der Waals surface area contributed by atoms with Gasteiger partial charge >= 0.3 is 0 Å². The van der Waals surface area contributed by atoms with Gasteiger partial charge in [-0.3, -0.25) is 0 Å². The minimum atomic E-state index is 0. The Morgan fingerprint density at radius 2 is 2.05 bits per heavy atom. The number of halogens is 1. The lowest BCUT2D eigenvalue weighted by molar-refractivity contribution is 0.415. The molecule has 22 heavy (non-hydrogen) atoms. The molecular weight excluding hydrogens is 411 g/mol. The second-order valence-corrected chi connectivity index (χ2v) is 5.78. The first kappa shape index (κ1) is 18.7. The zero-order valence-corrected chi connectivity index (χ0v) is 16.0. The number of methoxy groups -OCH3 is 1. The van der Waals surface area contributed by atoms with Crippen LogP contribution in [-0.2, 0) is 6.54 Å². The molecule has 3 N–H and O–H groups in total. The fourth-order valence-corrected chi connectivity index (χ4v) is 2.51. The van der Waals surface area contributed by atoms with Crippen LogP contribution in [0.3, 0.4) is 0 Å². The number of ether oxygens (including phenoxy) is 1. The van der Waals surface area contributed by atoms with Gasteiger partial charge in [-0.2, -0.15) is 0 Å². The van der Waals surface area contributed by atoms with Crippen LogP contribution in [-0.4, -0.2) is 18.1 Å². The molecule has 1 heterocycles. The van der Waals surface area contributed by atoms with Crippen molar-refractivity contribution in [3.05, 3.63) is 40.3 Å². The first-order valence-electron chi connectivity index (χ1n) is 6.73. The molecule has 0 bridgehead atoms. The summed E-state index contributed by atoms with van der Waals surface area (Å²) >= 11 is 1.66. The second-order valence-electron chi connectivity index (χ2n) is 4.89. The van der Waals surface area contributed by atoms with Gasteiger partial charge in [-0.05, 0) is 24.3 Å². The number of aromatic nitrogens is 1. The monoisotopic (exact) mass is 432 g/mol. The van der Waals surface area contributed by atoms with E-state index in [-0.39, 0.29) is 24.0 Å². The Balaban J connectivity index is 0.00000242. The third kappa shape index (κ3) is 5.45. The molecule has 120 valence electrons. The minimum absolute atomic E-state index is 0. The van der Waals surface area contributed by atoms with Crippen molar-refractivity contribution in [3.63, 3.8) is 0 Å². The number of guanidine groups is 1. The van der Waals surface area contributed by atoms with Crippen LogP contribution in [0.1, 0.15) is 30.5 Å². The van der Waals surface area contributed by atoms with Crippen molar-refractivity contribution in [1.82, 2.24) is 4.98 Å². The van der Waals surface area contributed by atoms with Crippen molar-refractivity contribution < 1.29 is 4.74 Å². The molecule has 0 saturated heterocycles. The van der Waals surface area contributed by atoms with E-state index in [1.165, 1.54) is 0 Å². The summed E-state index contributed by atoms with van der Waals surface area (Å²) in [6.45, 7) is 4.75. The standard InChI is InChI=1S/C15H20N4OS.HI/c1-10(2)14-18-12(9-21-14)8-17-15(16)19-11-4-6-13(20-3)7-5-11;/h4-7,9-10H,8H2,1-3H3,(H3,16,17,19);1H. The Labute approximate surface area is 152 Å². The van der Waals surface area contributed by atoms with E-state index in [4.69, 9.17) is 10.5 Å². The predicted molar refractivity (Wildman–Crippen MR) is 104 cm³/mol. The zero-order valence-electron chi connectivity index (χ0n) is 12.9. The lowest BCUT2D eigenvalue weighted by Gasteiger charge is -2.06. The van der Waals surface area contributed by atoms with Crippen LogP contribution in [0, 0.1) is 0 Å². The average Bonchev–Trinajstić information content (AvgIpc) is 2.95. The van der Waals surface area contributed by atoms with Crippen molar-refractivity contribution in [3.8, 4) is 5.75 Å². The van der Waals surface area contributed by atoms with E-state index in [1.807, 2.05) is 29.6 Å². The van der Waals surface area contributed by atoms with Gasteiger partial charge in [0.2, 0.25) is 0 Å². The molecule has 0 amide bonds. The van der Waals surface area contributed by atoms with Crippen molar-refractivity contribution in [2.75, 3.05) is 12.4 Å².